The molecule has 0 atom stereocenters. The van der Waals surface area contributed by atoms with Gasteiger partial charge in [-0.2, -0.15) is 0 Å². The Morgan fingerprint density at radius 3 is 2.36 bits per heavy atom. The molecule has 33 heavy (non-hydrogen) atoms. The van der Waals surface area contributed by atoms with Crippen molar-refractivity contribution in [1.29, 1.82) is 0 Å². The lowest BCUT2D eigenvalue weighted by atomic mass is 9.81. The van der Waals surface area contributed by atoms with E-state index >= 15 is 0 Å². The average Bonchev–Trinajstić information content (AvgIpc) is 2.82. The topological polar surface area (TPSA) is 73.9 Å². The molecule has 176 valence electrons. The molecule has 1 amide bonds. The van der Waals surface area contributed by atoms with Gasteiger partial charge in [0.15, 0.2) is 11.5 Å². The summed E-state index contributed by atoms with van der Waals surface area (Å²) >= 11 is 0. The predicted molar refractivity (Wildman–Crippen MR) is 119 cm³/mol. The number of ether oxygens (including phenoxy) is 3. The van der Waals surface area contributed by atoms with E-state index in [1.807, 2.05) is 0 Å². The molecule has 1 aliphatic carbocycles. The van der Waals surface area contributed by atoms with E-state index in [1.165, 1.54) is 26.4 Å². The second-order valence-corrected chi connectivity index (χ2v) is 7.86. The van der Waals surface area contributed by atoms with E-state index in [-0.39, 0.29) is 12.2 Å². The number of nitrogens with one attached hydrogen (secondary N) is 1. The highest BCUT2D eigenvalue weighted by atomic mass is 19.1. The van der Waals surface area contributed by atoms with Gasteiger partial charge < -0.3 is 19.5 Å². The van der Waals surface area contributed by atoms with E-state index < -0.39 is 29.0 Å². The zero-order valence-corrected chi connectivity index (χ0v) is 18.7. The Bertz CT molecular complexity index is 1010. The molecule has 1 saturated carbocycles. The SMILES string of the molecule is COC(=O)C1(NC(=O)/C=C/c2ccc(OCc3c(F)cccc3F)c(OC)c2)CCCCC1. The van der Waals surface area contributed by atoms with Crippen molar-refractivity contribution in [2.45, 2.75) is 44.2 Å². The second-order valence-electron chi connectivity index (χ2n) is 7.86. The number of halogens is 2. The van der Waals surface area contributed by atoms with E-state index in [1.54, 1.807) is 24.3 Å². The van der Waals surface area contributed by atoms with Crippen LogP contribution in [0.25, 0.3) is 6.08 Å². The first kappa shape index (κ1) is 24.2. The van der Waals surface area contributed by atoms with Crippen molar-refractivity contribution in [2.24, 2.45) is 0 Å². The lowest BCUT2D eigenvalue weighted by molar-refractivity contribution is -0.152. The maximum Gasteiger partial charge on any atom is 0.331 e. The van der Waals surface area contributed by atoms with Crippen LogP contribution in [0.15, 0.2) is 42.5 Å². The Hall–Kier alpha value is -3.42. The highest BCUT2D eigenvalue weighted by Gasteiger charge is 2.41. The molecule has 2 aromatic carbocycles. The van der Waals surface area contributed by atoms with Crippen LogP contribution in [0.3, 0.4) is 0 Å². The first-order chi connectivity index (χ1) is 15.9. The average molecular weight is 459 g/mol. The fraction of sp³-hybridized carbons (Fsp3) is 0.360. The number of esters is 1. The summed E-state index contributed by atoms with van der Waals surface area (Å²) in [4.78, 5) is 24.8. The summed E-state index contributed by atoms with van der Waals surface area (Å²) in [6.07, 6.45) is 6.70. The summed E-state index contributed by atoms with van der Waals surface area (Å²) in [5.41, 5.74) is -0.532. The molecule has 0 saturated heterocycles. The molecule has 1 aliphatic rings. The molecular formula is C25H27F2NO5. The first-order valence-corrected chi connectivity index (χ1v) is 10.7. The second kappa shape index (κ2) is 10.9. The smallest absolute Gasteiger partial charge is 0.331 e. The number of carbonyl (C=O) groups excluding carboxylic acids is 2. The summed E-state index contributed by atoms with van der Waals surface area (Å²) in [7, 11) is 2.76. The largest absolute Gasteiger partial charge is 0.493 e. The molecule has 0 heterocycles. The predicted octanol–water partition coefficient (Wildman–Crippen LogP) is 4.56. The highest BCUT2D eigenvalue weighted by molar-refractivity contribution is 5.96. The third-order valence-corrected chi connectivity index (χ3v) is 5.69. The van der Waals surface area contributed by atoms with Crippen molar-refractivity contribution in [3.8, 4) is 11.5 Å². The van der Waals surface area contributed by atoms with Crippen molar-refractivity contribution < 1.29 is 32.6 Å². The number of benzene rings is 2. The summed E-state index contributed by atoms with van der Waals surface area (Å²) in [5.74, 6) is -1.58. The van der Waals surface area contributed by atoms with Gasteiger partial charge in [0.05, 0.1) is 19.8 Å². The van der Waals surface area contributed by atoms with Crippen LogP contribution in [-0.2, 0) is 20.9 Å². The monoisotopic (exact) mass is 459 g/mol. The molecule has 0 spiro atoms. The zero-order valence-electron chi connectivity index (χ0n) is 18.7. The molecular weight excluding hydrogens is 432 g/mol. The minimum absolute atomic E-state index is 0.178. The quantitative estimate of drug-likeness (QED) is 0.463. The van der Waals surface area contributed by atoms with Gasteiger partial charge in [-0.25, -0.2) is 13.6 Å². The van der Waals surface area contributed by atoms with E-state index in [0.717, 1.165) is 31.4 Å². The molecule has 0 aromatic heterocycles. The van der Waals surface area contributed by atoms with Crippen molar-refractivity contribution in [3.63, 3.8) is 0 Å². The molecule has 0 radical (unpaired) electrons. The molecule has 0 unspecified atom stereocenters. The first-order valence-electron chi connectivity index (χ1n) is 10.7. The zero-order chi connectivity index (χ0) is 23.8. The molecule has 1 fully saturated rings. The number of rotatable bonds is 8. The number of methoxy groups -OCH3 is 2. The Morgan fingerprint density at radius 1 is 1.03 bits per heavy atom. The van der Waals surface area contributed by atoms with Crippen LogP contribution >= 0.6 is 0 Å². The number of hydrogen-bond donors (Lipinski definition) is 1. The third-order valence-electron chi connectivity index (χ3n) is 5.69. The van der Waals surface area contributed by atoms with Crippen LogP contribution in [0.4, 0.5) is 8.78 Å². The van der Waals surface area contributed by atoms with Crippen molar-refractivity contribution >= 4 is 18.0 Å². The Morgan fingerprint density at radius 2 is 1.73 bits per heavy atom. The summed E-state index contributed by atoms with van der Waals surface area (Å²) in [6, 6.07) is 8.51. The van der Waals surface area contributed by atoms with Crippen molar-refractivity contribution in [2.75, 3.05) is 14.2 Å². The third kappa shape index (κ3) is 5.88. The molecule has 2 aromatic rings. The van der Waals surface area contributed by atoms with Crippen LogP contribution < -0.4 is 14.8 Å². The standard InChI is InChI=1S/C25H27F2NO5/c1-31-22-15-17(9-11-21(22)33-16-18-19(26)7-6-8-20(18)27)10-12-23(29)28-25(24(30)32-2)13-4-3-5-14-25/h6-12,15H,3-5,13-14,16H2,1-2H3,(H,28,29)/b12-10+. The van der Waals surface area contributed by atoms with Crippen LogP contribution in [0, 0.1) is 11.6 Å². The van der Waals surface area contributed by atoms with Crippen LogP contribution in [0.1, 0.15) is 43.2 Å². The molecule has 0 bridgehead atoms. The molecule has 8 heteroatoms. The Kier molecular flexibility index (Phi) is 8.03. The molecule has 1 N–H and O–H groups in total. The van der Waals surface area contributed by atoms with Crippen LogP contribution in [0.5, 0.6) is 11.5 Å². The summed E-state index contributed by atoms with van der Waals surface area (Å²) in [5, 5.41) is 2.82. The lowest BCUT2D eigenvalue weighted by Gasteiger charge is -2.34. The number of amides is 1. The molecule has 6 nitrogen and oxygen atoms in total. The molecule has 3 rings (SSSR count). The Balaban J connectivity index is 1.68. The minimum atomic E-state index is -0.994. The van der Waals surface area contributed by atoms with Gasteiger partial charge in [0.25, 0.3) is 0 Å². The van der Waals surface area contributed by atoms with Gasteiger partial charge in [-0.05, 0) is 48.7 Å². The lowest BCUT2D eigenvalue weighted by Crippen LogP contribution is -2.55. The van der Waals surface area contributed by atoms with Gasteiger partial charge in [0.1, 0.15) is 23.8 Å². The Labute approximate surface area is 191 Å². The highest BCUT2D eigenvalue weighted by Crippen LogP contribution is 2.31. The maximum atomic E-state index is 13.8. The van der Waals surface area contributed by atoms with Crippen LogP contribution in [0.2, 0.25) is 0 Å². The summed E-state index contributed by atoms with van der Waals surface area (Å²) in [6.45, 7) is -0.304. The number of hydrogen-bond acceptors (Lipinski definition) is 5. The van der Waals surface area contributed by atoms with E-state index in [4.69, 9.17) is 14.2 Å². The van der Waals surface area contributed by atoms with Gasteiger partial charge in [0.2, 0.25) is 5.91 Å². The normalized spacial score (nSPS) is 15.2. The van der Waals surface area contributed by atoms with Gasteiger partial charge in [-0.15, -0.1) is 0 Å². The fourth-order valence-electron chi connectivity index (χ4n) is 3.91. The van der Waals surface area contributed by atoms with Gasteiger partial charge in [0, 0.05) is 6.08 Å². The van der Waals surface area contributed by atoms with E-state index in [0.29, 0.717) is 29.9 Å². The van der Waals surface area contributed by atoms with Gasteiger partial charge in [-0.1, -0.05) is 31.4 Å². The van der Waals surface area contributed by atoms with Crippen LogP contribution in [-0.4, -0.2) is 31.6 Å². The van der Waals surface area contributed by atoms with E-state index in [9.17, 15) is 18.4 Å². The van der Waals surface area contributed by atoms with Crippen molar-refractivity contribution in [1.82, 2.24) is 5.32 Å². The van der Waals surface area contributed by atoms with E-state index in [2.05, 4.69) is 5.32 Å². The molecule has 0 aliphatic heterocycles. The van der Waals surface area contributed by atoms with Gasteiger partial charge in [-0.3, -0.25) is 4.79 Å². The number of carbonyl (C=O) groups is 2. The van der Waals surface area contributed by atoms with Gasteiger partial charge >= 0.3 is 5.97 Å². The maximum absolute atomic E-state index is 13.8. The summed E-state index contributed by atoms with van der Waals surface area (Å²) < 4.78 is 43.4. The minimum Gasteiger partial charge on any atom is -0.493 e. The van der Waals surface area contributed by atoms with Crippen molar-refractivity contribution in [3.05, 3.63) is 65.2 Å². The fourth-order valence-corrected chi connectivity index (χ4v) is 3.91.